The second-order valence-electron chi connectivity index (χ2n) is 7.34. The van der Waals surface area contributed by atoms with Crippen molar-refractivity contribution < 1.29 is 8.95 Å². The second kappa shape index (κ2) is 7.84. The number of nitrogens with one attached hydrogen (secondary N) is 4. The number of pyridine rings is 2. The third-order valence-electron chi connectivity index (χ3n) is 4.41. The Morgan fingerprint density at radius 3 is 2.47 bits per heavy atom. The van der Waals surface area contributed by atoms with E-state index in [-0.39, 0.29) is 5.54 Å². The molecule has 1 unspecified atom stereocenters. The van der Waals surface area contributed by atoms with E-state index in [4.69, 9.17) is 9.52 Å². The van der Waals surface area contributed by atoms with Crippen LogP contribution in [0.15, 0.2) is 53.9 Å². The van der Waals surface area contributed by atoms with Gasteiger partial charge < -0.3 is 20.7 Å². The van der Waals surface area contributed by atoms with Crippen molar-refractivity contribution >= 4 is 38.7 Å². The van der Waals surface area contributed by atoms with Gasteiger partial charge >= 0.3 is 0 Å². The first kappa shape index (κ1) is 20.0. The lowest BCUT2D eigenvalue weighted by molar-refractivity contribution is -0.0318. The number of hydrogen-bond donors (Lipinski definition) is 4. The molecule has 3 aromatic rings. The fourth-order valence-corrected chi connectivity index (χ4v) is 3.73. The molecule has 1 aliphatic rings. The lowest BCUT2D eigenvalue weighted by Gasteiger charge is -2.39. The number of ether oxygens (including phenoxy) is 1. The lowest BCUT2D eigenvalue weighted by Crippen LogP contribution is -2.53. The fraction of sp³-hybridized carbons (Fsp3) is 0.263. The van der Waals surface area contributed by atoms with E-state index in [0.717, 1.165) is 5.69 Å². The molecule has 4 N–H and O–H groups in total. The second-order valence-corrected chi connectivity index (χ2v) is 9.47. The van der Waals surface area contributed by atoms with Crippen molar-refractivity contribution in [1.82, 2.24) is 19.9 Å². The van der Waals surface area contributed by atoms with Crippen LogP contribution in [0.1, 0.15) is 6.92 Å². The zero-order valence-corrected chi connectivity index (χ0v) is 17.4. The summed E-state index contributed by atoms with van der Waals surface area (Å²) >= 11 is 0. The molecule has 0 radical (unpaired) electrons. The van der Waals surface area contributed by atoms with E-state index >= 15 is 0 Å². The first-order valence-electron chi connectivity index (χ1n) is 9.18. The number of rotatable bonds is 7. The van der Waals surface area contributed by atoms with Crippen molar-refractivity contribution in [1.29, 1.82) is 4.78 Å². The topological polar surface area (TPSA) is 138 Å². The van der Waals surface area contributed by atoms with E-state index in [1.165, 1.54) is 12.6 Å². The van der Waals surface area contributed by atoms with Crippen molar-refractivity contribution in [2.24, 2.45) is 0 Å². The SMILES string of the molecule is CC1(Nc2ccc(Nc3cc(Nc4ncccc4S(C)(=N)=O)ncn3)nc2)COC1. The normalized spacial score (nSPS) is 16.7. The third kappa shape index (κ3) is 4.63. The van der Waals surface area contributed by atoms with Gasteiger partial charge in [0.15, 0.2) is 0 Å². The molecule has 30 heavy (non-hydrogen) atoms. The summed E-state index contributed by atoms with van der Waals surface area (Å²) in [5.41, 5.74) is 0.868. The highest BCUT2D eigenvalue weighted by molar-refractivity contribution is 7.91. The van der Waals surface area contributed by atoms with E-state index < -0.39 is 9.73 Å². The maximum Gasteiger partial charge on any atom is 0.148 e. The van der Waals surface area contributed by atoms with Crippen molar-refractivity contribution in [3.63, 3.8) is 0 Å². The molecular formula is C19H22N8O2S. The molecule has 0 aromatic carbocycles. The maximum absolute atomic E-state index is 12.2. The van der Waals surface area contributed by atoms with Gasteiger partial charge in [0.05, 0.1) is 45.3 Å². The van der Waals surface area contributed by atoms with Crippen LogP contribution in [-0.4, -0.2) is 49.2 Å². The van der Waals surface area contributed by atoms with Gasteiger partial charge in [0.25, 0.3) is 0 Å². The van der Waals surface area contributed by atoms with E-state index in [0.29, 0.717) is 41.4 Å². The number of anilines is 5. The van der Waals surface area contributed by atoms with Gasteiger partial charge in [-0.05, 0) is 31.2 Å². The largest absolute Gasteiger partial charge is 0.376 e. The predicted molar refractivity (Wildman–Crippen MR) is 115 cm³/mol. The van der Waals surface area contributed by atoms with E-state index in [1.54, 1.807) is 30.6 Å². The van der Waals surface area contributed by atoms with Gasteiger partial charge in [-0.2, -0.15) is 0 Å². The Hall–Kier alpha value is -3.31. The maximum atomic E-state index is 12.2. The molecule has 1 atom stereocenters. The molecule has 0 aliphatic carbocycles. The molecule has 0 saturated carbocycles. The van der Waals surface area contributed by atoms with Crippen LogP contribution in [0.5, 0.6) is 0 Å². The van der Waals surface area contributed by atoms with E-state index in [9.17, 15) is 4.21 Å². The summed E-state index contributed by atoms with van der Waals surface area (Å²) in [4.78, 5) is 17.3. The molecule has 1 fully saturated rings. The number of nitrogens with zero attached hydrogens (tertiary/aromatic N) is 4. The Kier molecular flexibility index (Phi) is 5.22. The monoisotopic (exact) mass is 426 g/mol. The van der Waals surface area contributed by atoms with Gasteiger partial charge in [0.2, 0.25) is 0 Å². The summed E-state index contributed by atoms with van der Waals surface area (Å²) in [6, 6.07) is 8.73. The lowest BCUT2D eigenvalue weighted by atomic mass is 10.0. The fourth-order valence-electron chi connectivity index (χ4n) is 2.92. The zero-order chi connectivity index (χ0) is 21.2. The average Bonchev–Trinajstić information content (AvgIpc) is 2.68. The van der Waals surface area contributed by atoms with Gasteiger partial charge in [0, 0.05) is 18.5 Å². The van der Waals surface area contributed by atoms with Gasteiger partial charge in [-0.25, -0.2) is 28.9 Å². The summed E-state index contributed by atoms with van der Waals surface area (Å²) in [6.07, 6.45) is 6.06. The van der Waals surface area contributed by atoms with Gasteiger partial charge in [0.1, 0.15) is 29.6 Å². The molecule has 1 saturated heterocycles. The molecule has 0 amide bonds. The van der Waals surface area contributed by atoms with E-state index in [2.05, 4.69) is 42.8 Å². The smallest absolute Gasteiger partial charge is 0.148 e. The Morgan fingerprint density at radius 2 is 1.83 bits per heavy atom. The summed E-state index contributed by atoms with van der Waals surface area (Å²) < 4.78 is 25.3. The van der Waals surface area contributed by atoms with Crippen LogP contribution in [0, 0.1) is 4.78 Å². The third-order valence-corrected chi connectivity index (χ3v) is 5.58. The van der Waals surface area contributed by atoms with Crippen LogP contribution in [0.4, 0.5) is 29.0 Å². The summed E-state index contributed by atoms with van der Waals surface area (Å²) in [5.74, 6) is 1.93. The quantitative estimate of drug-likeness (QED) is 0.449. The Balaban J connectivity index is 1.47. The Labute approximate surface area is 174 Å². The van der Waals surface area contributed by atoms with Crippen LogP contribution in [0.3, 0.4) is 0 Å². The molecule has 4 rings (SSSR count). The molecule has 4 heterocycles. The van der Waals surface area contributed by atoms with Crippen LogP contribution >= 0.6 is 0 Å². The molecule has 3 aromatic heterocycles. The zero-order valence-electron chi connectivity index (χ0n) is 16.5. The molecular weight excluding hydrogens is 404 g/mol. The van der Waals surface area contributed by atoms with Crippen LogP contribution in [-0.2, 0) is 14.5 Å². The van der Waals surface area contributed by atoms with Crippen LogP contribution < -0.4 is 16.0 Å². The highest BCUT2D eigenvalue weighted by atomic mass is 32.2. The first-order valence-corrected chi connectivity index (χ1v) is 11.1. The molecule has 0 bridgehead atoms. The average molecular weight is 427 g/mol. The van der Waals surface area contributed by atoms with Crippen molar-refractivity contribution in [2.75, 3.05) is 35.4 Å². The molecule has 0 spiro atoms. The Morgan fingerprint density at radius 1 is 1.07 bits per heavy atom. The van der Waals surface area contributed by atoms with Gasteiger partial charge in [-0.1, -0.05) is 0 Å². The van der Waals surface area contributed by atoms with Crippen molar-refractivity contribution in [3.8, 4) is 0 Å². The van der Waals surface area contributed by atoms with Gasteiger partial charge in [-0.15, -0.1) is 0 Å². The molecule has 1 aliphatic heterocycles. The number of aromatic nitrogens is 4. The number of hydrogen-bond acceptors (Lipinski definition) is 10. The highest BCUT2D eigenvalue weighted by Gasteiger charge is 2.32. The first-order chi connectivity index (χ1) is 14.3. The highest BCUT2D eigenvalue weighted by Crippen LogP contribution is 2.25. The minimum Gasteiger partial charge on any atom is -0.376 e. The van der Waals surface area contributed by atoms with E-state index in [1.807, 2.05) is 12.1 Å². The molecule has 156 valence electrons. The summed E-state index contributed by atoms with van der Waals surface area (Å²) in [6.45, 7) is 3.45. The summed E-state index contributed by atoms with van der Waals surface area (Å²) in [5, 5.41) is 9.54. The molecule has 11 heteroatoms. The van der Waals surface area contributed by atoms with Crippen LogP contribution in [0.2, 0.25) is 0 Å². The Bertz CT molecular complexity index is 1150. The minimum absolute atomic E-state index is 0.0465. The predicted octanol–water partition coefficient (Wildman–Crippen LogP) is 2.99. The van der Waals surface area contributed by atoms with Crippen LogP contribution in [0.25, 0.3) is 0 Å². The van der Waals surface area contributed by atoms with Crippen molar-refractivity contribution in [3.05, 3.63) is 49.1 Å². The molecule has 10 nitrogen and oxygen atoms in total. The minimum atomic E-state index is -2.94. The standard InChI is InChI=1S/C19H22N8O2S/c1-19(10-29-11-19)27-13-5-6-15(22-9-13)25-16-8-17(24-12-23-16)26-18-14(30(2,20)28)4-3-7-21-18/h3-9,12,20,27H,10-11H2,1-2H3,(H2,21,22,23,24,25,26). The summed E-state index contributed by atoms with van der Waals surface area (Å²) in [7, 11) is -2.94. The van der Waals surface area contributed by atoms with Gasteiger partial charge in [-0.3, -0.25) is 0 Å². The van der Waals surface area contributed by atoms with Crippen molar-refractivity contribution in [2.45, 2.75) is 17.4 Å².